The van der Waals surface area contributed by atoms with E-state index in [0.29, 0.717) is 0 Å². The van der Waals surface area contributed by atoms with Gasteiger partial charge in [0.1, 0.15) is 0 Å². The average Bonchev–Trinajstić information content (AvgIpc) is 2.31. The van der Waals surface area contributed by atoms with Crippen LogP contribution in [0.5, 0.6) is 0 Å². The fourth-order valence-corrected chi connectivity index (χ4v) is 1.45. The maximum absolute atomic E-state index is 3.85. The minimum atomic E-state index is 1.11. The predicted molar refractivity (Wildman–Crippen MR) is 69.1 cm³/mol. The van der Waals surface area contributed by atoms with Crippen LogP contribution in [-0.2, 0) is 0 Å². The first-order chi connectivity index (χ1) is 7.31. The quantitative estimate of drug-likeness (QED) is 0.707. The van der Waals surface area contributed by atoms with Gasteiger partial charge in [-0.1, -0.05) is 44.2 Å². The number of rotatable bonds is 5. The van der Waals surface area contributed by atoms with Crippen molar-refractivity contribution in [3.8, 4) is 0 Å². The Kier molecular flexibility index (Phi) is 4.69. The standard InChI is InChI=1S/C14H19N/c1-4-6-7-12(5-2)13-8-10-14(15-3)11-9-13/h5,7-11,15H,2,4,6H2,1,3H3/b12-7+. The van der Waals surface area contributed by atoms with Crippen LogP contribution in [0.3, 0.4) is 0 Å². The van der Waals surface area contributed by atoms with Crippen LogP contribution in [0.25, 0.3) is 5.57 Å². The lowest BCUT2D eigenvalue weighted by molar-refractivity contribution is 0.960. The Morgan fingerprint density at radius 2 is 2.00 bits per heavy atom. The van der Waals surface area contributed by atoms with E-state index in [9.17, 15) is 0 Å². The highest BCUT2D eigenvalue weighted by Crippen LogP contribution is 2.18. The van der Waals surface area contributed by atoms with E-state index in [4.69, 9.17) is 0 Å². The highest BCUT2D eigenvalue weighted by atomic mass is 14.8. The van der Waals surface area contributed by atoms with Crippen LogP contribution in [-0.4, -0.2) is 7.05 Å². The van der Waals surface area contributed by atoms with Crippen molar-refractivity contribution in [3.63, 3.8) is 0 Å². The number of hydrogen-bond donors (Lipinski definition) is 1. The van der Waals surface area contributed by atoms with Gasteiger partial charge >= 0.3 is 0 Å². The minimum absolute atomic E-state index is 1.11. The van der Waals surface area contributed by atoms with E-state index in [0.717, 1.165) is 12.1 Å². The van der Waals surface area contributed by atoms with Crippen molar-refractivity contribution in [2.24, 2.45) is 0 Å². The largest absolute Gasteiger partial charge is 0.388 e. The SMILES string of the molecule is C=C/C(=C\CCC)c1ccc(NC)cc1. The molecule has 0 radical (unpaired) electrons. The van der Waals surface area contributed by atoms with Gasteiger partial charge in [-0.3, -0.25) is 0 Å². The first-order valence-corrected chi connectivity index (χ1v) is 5.42. The third-order valence-electron chi connectivity index (χ3n) is 2.38. The Bertz CT molecular complexity index is 333. The third kappa shape index (κ3) is 3.28. The Hall–Kier alpha value is -1.50. The molecule has 0 unspecified atom stereocenters. The van der Waals surface area contributed by atoms with E-state index < -0.39 is 0 Å². The molecule has 1 aromatic carbocycles. The summed E-state index contributed by atoms with van der Waals surface area (Å²) >= 11 is 0. The molecule has 1 rings (SSSR count). The van der Waals surface area contributed by atoms with Gasteiger partial charge in [-0.05, 0) is 29.7 Å². The van der Waals surface area contributed by atoms with Gasteiger partial charge < -0.3 is 5.32 Å². The van der Waals surface area contributed by atoms with Crippen molar-refractivity contribution >= 4 is 11.3 Å². The zero-order valence-corrected chi connectivity index (χ0v) is 9.59. The molecule has 1 aromatic rings. The topological polar surface area (TPSA) is 12.0 Å². The van der Waals surface area contributed by atoms with Crippen LogP contribution in [0.15, 0.2) is 43.0 Å². The molecular weight excluding hydrogens is 182 g/mol. The van der Waals surface area contributed by atoms with Gasteiger partial charge in [0.15, 0.2) is 0 Å². The summed E-state index contributed by atoms with van der Waals surface area (Å²) in [5.41, 5.74) is 3.59. The van der Waals surface area contributed by atoms with Crippen LogP contribution in [0.4, 0.5) is 5.69 Å². The molecule has 0 aliphatic heterocycles. The fourth-order valence-electron chi connectivity index (χ4n) is 1.45. The molecule has 15 heavy (non-hydrogen) atoms. The molecule has 1 N–H and O–H groups in total. The number of anilines is 1. The molecule has 0 aromatic heterocycles. The second-order valence-electron chi connectivity index (χ2n) is 3.48. The lowest BCUT2D eigenvalue weighted by Gasteiger charge is -2.04. The normalized spacial score (nSPS) is 11.2. The smallest absolute Gasteiger partial charge is 0.0337 e. The molecule has 1 heteroatoms. The van der Waals surface area contributed by atoms with Crippen molar-refractivity contribution in [3.05, 3.63) is 48.6 Å². The highest BCUT2D eigenvalue weighted by molar-refractivity contribution is 5.74. The Morgan fingerprint density at radius 3 is 2.47 bits per heavy atom. The third-order valence-corrected chi connectivity index (χ3v) is 2.38. The molecule has 1 nitrogen and oxygen atoms in total. The van der Waals surface area contributed by atoms with Crippen LogP contribution in [0.1, 0.15) is 25.3 Å². The Morgan fingerprint density at radius 1 is 1.33 bits per heavy atom. The monoisotopic (exact) mass is 201 g/mol. The minimum Gasteiger partial charge on any atom is -0.388 e. The van der Waals surface area contributed by atoms with E-state index >= 15 is 0 Å². The van der Waals surface area contributed by atoms with Crippen LogP contribution in [0, 0.1) is 0 Å². The summed E-state index contributed by atoms with van der Waals surface area (Å²) in [7, 11) is 1.93. The molecule has 80 valence electrons. The van der Waals surface area contributed by atoms with Gasteiger partial charge in [0.25, 0.3) is 0 Å². The Labute approximate surface area is 92.5 Å². The van der Waals surface area contributed by atoms with Crippen LogP contribution >= 0.6 is 0 Å². The second kappa shape index (κ2) is 6.07. The van der Waals surface area contributed by atoms with Gasteiger partial charge in [-0.25, -0.2) is 0 Å². The molecule has 0 saturated heterocycles. The lowest BCUT2D eigenvalue weighted by Crippen LogP contribution is -1.88. The molecule has 0 atom stereocenters. The summed E-state index contributed by atoms with van der Waals surface area (Å²) in [5.74, 6) is 0. The lowest BCUT2D eigenvalue weighted by atomic mass is 10.0. The first kappa shape index (κ1) is 11.6. The molecule has 0 saturated carbocycles. The number of allylic oxidation sites excluding steroid dienone is 3. The fraction of sp³-hybridized carbons (Fsp3) is 0.286. The van der Waals surface area contributed by atoms with Crippen molar-refractivity contribution < 1.29 is 0 Å². The van der Waals surface area contributed by atoms with E-state index in [2.05, 4.69) is 49.2 Å². The predicted octanol–water partition coefficient (Wildman–Crippen LogP) is 4.10. The number of benzene rings is 1. The molecule has 0 fully saturated rings. The molecule has 0 amide bonds. The van der Waals surface area contributed by atoms with Crippen molar-refractivity contribution in [1.29, 1.82) is 0 Å². The zero-order chi connectivity index (χ0) is 11.1. The van der Waals surface area contributed by atoms with E-state index in [1.807, 2.05) is 13.1 Å². The first-order valence-electron chi connectivity index (χ1n) is 5.42. The van der Waals surface area contributed by atoms with Crippen molar-refractivity contribution in [2.75, 3.05) is 12.4 Å². The summed E-state index contributed by atoms with van der Waals surface area (Å²) < 4.78 is 0. The number of nitrogens with one attached hydrogen (secondary N) is 1. The number of unbranched alkanes of at least 4 members (excludes halogenated alkanes) is 1. The highest BCUT2D eigenvalue weighted by Gasteiger charge is 1.96. The van der Waals surface area contributed by atoms with Crippen LogP contribution < -0.4 is 5.32 Å². The second-order valence-corrected chi connectivity index (χ2v) is 3.48. The zero-order valence-electron chi connectivity index (χ0n) is 9.59. The van der Waals surface area contributed by atoms with Crippen molar-refractivity contribution in [2.45, 2.75) is 19.8 Å². The molecule has 0 aliphatic rings. The number of hydrogen-bond acceptors (Lipinski definition) is 1. The molecule has 0 heterocycles. The van der Waals surface area contributed by atoms with Gasteiger partial charge in [0.2, 0.25) is 0 Å². The molecular formula is C14H19N. The van der Waals surface area contributed by atoms with Gasteiger partial charge in [-0.15, -0.1) is 0 Å². The Balaban J connectivity index is 2.87. The maximum atomic E-state index is 3.85. The molecule has 0 bridgehead atoms. The van der Waals surface area contributed by atoms with Gasteiger partial charge in [0, 0.05) is 12.7 Å². The van der Waals surface area contributed by atoms with Gasteiger partial charge in [0.05, 0.1) is 0 Å². The molecule has 0 aliphatic carbocycles. The van der Waals surface area contributed by atoms with Crippen molar-refractivity contribution in [1.82, 2.24) is 0 Å². The molecule has 0 spiro atoms. The summed E-state index contributed by atoms with van der Waals surface area (Å²) in [6.45, 7) is 6.03. The average molecular weight is 201 g/mol. The van der Waals surface area contributed by atoms with E-state index in [-0.39, 0.29) is 0 Å². The maximum Gasteiger partial charge on any atom is 0.0337 e. The summed E-state index contributed by atoms with van der Waals surface area (Å²) in [4.78, 5) is 0. The van der Waals surface area contributed by atoms with E-state index in [1.165, 1.54) is 17.6 Å². The van der Waals surface area contributed by atoms with Crippen LogP contribution in [0.2, 0.25) is 0 Å². The summed E-state index contributed by atoms with van der Waals surface area (Å²) in [5, 5.41) is 3.11. The summed E-state index contributed by atoms with van der Waals surface area (Å²) in [6.07, 6.45) is 6.44. The van der Waals surface area contributed by atoms with E-state index in [1.54, 1.807) is 0 Å². The van der Waals surface area contributed by atoms with Gasteiger partial charge in [-0.2, -0.15) is 0 Å². The summed E-state index contributed by atoms with van der Waals surface area (Å²) in [6, 6.07) is 8.40.